The van der Waals surface area contributed by atoms with E-state index in [1.54, 1.807) is 0 Å². The second-order valence-corrected chi connectivity index (χ2v) is 6.94. The third kappa shape index (κ3) is 4.37. The van der Waals surface area contributed by atoms with Crippen molar-refractivity contribution >= 4 is 29.1 Å². The van der Waals surface area contributed by atoms with Crippen molar-refractivity contribution in [3.05, 3.63) is 47.1 Å². The molecule has 140 valence electrons. The first kappa shape index (κ1) is 17.8. The maximum absolute atomic E-state index is 6.36. The summed E-state index contributed by atoms with van der Waals surface area (Å²) in [4.78, 5) is 9.33. The van der Waals surface area contributed by atoms with Gasteiger partial charge in [0.1, 0.15) is 11.6 Å². The Morgan fingerprint density at radius 2 is 1.85 bits per heavy atom. The number of hydrogen-bond acceptors (Lipinski definition) is 6. The summed E-state index contributed by atoms with van der Waals surface area (Å²) in [6.45, 7) is 3.47. The van der Waals surface area contributed by atoms with Crippen LogP contribution in [0.15, 0.2) is 36.4 Å². The van der Waals surface area contributed by atoms with Gasteiger partial charge in [-0.1, -0.05) is 23.7 Å². The molecule has 8 heteroatoms. The van der Waals surface area contributed by atoms with Gasteiger partial charge in [0, 0.05) is 42.6 Å². The van der Waals surface area contributed by atoms with Crippen LogP contribution in [0.2, 0.25) is 5.02 Å². The van der Waals surface area contributed by atoms with Gasteiger partial charge in [0.15, 0.2) is 11.6 Å². The van der Waals surface area contributed by atoms with Crippen molar-refractivity contribution < 1.29 is 4.74 Å². The molecule has 0 bridgehead atoms. The van der Waals surface area contributed by atoms with Gasteiger partial charge < -0.3 is 15.4 Å². The summed E-state index contributed by atoms with van der Waals surface area (Å²) in [7, 11) is 0. The van der Waals surface area contributed by atoms with E-state index in [1.165, 1.54) is 0 Å². The number of anilines is 3. The lowest BCUT2D eigenvalue weighted by molar-refractivity contribution is 0.0904. The summed E-state index contributed by atoms with van der Waals surface area (Å²) >= 11 is 6.36. The molecule has 7 nitrogen and oxygen atoms in total. The molecule has 27 heavy (non-hydrogen) atoms. The zero-order valence-corrected chi connectivity index (χ0v) is 15.8. The minimum absolute atomic E-state index is 0.327. The minimum Gasteiger partial charge on any atom is -0.381 e. The molecule has 0 spiro atoms. The monoisotopic (exact) mass is 384 g/mol. The number of aromatic amines is 1. The quantitative estimate of drug-likeness (QED) is 0.612. The van der Waals surface area contributed by atoms with Gasteiger partial charge in [0.25, 0.3) is 0 Å². The van der Waals surface area contributed by atoms with Crippen LogP contribution in [0.4, 0.5) is 17.5 Å². The van der Waals surface area contributed by atoms with E-state index in [-0.39, 0.29) is 0 Å². The highest BCUT2D eigenvalue weighted by molar-refractivity contribution is 6.33. The Labute approximate surface area is 162 Å². The van der Waals surface area contributed by atoms with Crippen molar-refractivity contribution in [2.45, 2.75) is 25.8 Å². The van der Waals surface area contributed by atoms with E-state index in [0.717, 1.165) is 43.1 Å². The van der Waals surface area contributed by atoms with Gasteiger partial charge in [-0.15, -0.1) is 0 Å². The highest BCUT2D eigenvalue weighted by Crippen LogP contribution is 2.28. The number of rotatable bonds is 5. The number of aromatic nitrogens is 4. The first-order valence-electron chi connectivity index (χ1n) is 8.95. The predicted octanol–water partition coefficient (Wildman–Crippen LogP) is 4.16. The number of H-pyrrole nitrogens is 1. The Morgan fingerprint density at radius 1 is 1.07 bits per heavy atom. The summed E-state index contributed by atoms with van der Waals surface area (Å²) in [6.07, 6.45) is 1.90. The number of aryl methyl sites for hydroxylation is 1. The van der Waals surface area contributed by atoms with E-state index in [9.17, 15) is 0 Å². The number of nitrogens with zero attached hydrogens (tertiary/aromatic N) is 3. The Bertz CT molecular complexity index is 922. The maximum atomic E-state index is 6.36. The lowest BCUT2D eigenvalue weighted by atomic mass is 10.1. The summed E-state index contributed by atoms with van der Waals surface area (Å²) < 4.78 is 5.44. The lowest BCUT2D eigenvalue weighted by Gasteiger charge is -2.24. The zero-order chi connectivity index (χ0) is 18.6. The third-order valence-corrected chi connectivity index (χ3v) is 4.71. The number of benzene rings is 1. The molecule has 1 saturated heterocycles. The number of nitrogens with one attached hydrogen (secondary N) is 3. The van der Waals surface area contributed by atoms with E-state index >= 15 is 0 Å². The van der Waals surface area contributed by atoms with Crippen molar-refractivity contribution in [1.82, 2.24) is 20.2 Å². The topological polar surface area (TPSA) is 87.8 Å². The molecule has 1 fully saturated rings. The second kappa shape index (κ2) is 7.94. The van der Waals surface area contributed by atoms with Crippen LogP contribution in [0.5, 0.6) is 0 Å². The van der Waals surface area contributed by atoms with Gasteiger partial charge in [-0.3, -0.25) is 5.10 Å². The minimum atomic E-state index is 0.327. The predicted molar refractivity (Wildman–Crippen MR) is 107 cm³/mol. The molecule has 0 saturated carbocycles. The summed E-state index contributed by atoms with van der Waals surface area (Å²) in [6, 6.07) is 11.7. The van der Waals surface area contributed by atoms with Crippen LogP contribution in [0.25, 0.3) is 11.4 Å². The second-order valence-electron chi connectivity index (χ2n) is 6.53. The lowest BCUT2D eigenvalue weighted by Crippen LogP contribution is -2.28. The molecule has 3 heterocycles. The van der Waals surface area contributed by atoms with Crippen molar-refractivity contribution in [2.75, 3.05) is 23.8 Å². The molecule has 0 radical (unpaired) electrons. The van der Waals surface area contributed by atoms with Crippen molar-refractivity contribution in [3.63, 3.8) is 0 Å². The summed E-state index contributed by atoms with van der Waals surface area (Å²) in [5, 5.41) is 14.5. The normalized spacial score (nSPS) is 14.9. The molecule has 3 N–H and O–H groups in total. The van der Waals surface area contributed by atoms with Gasteiger partial charge in [0.2, 0.25) is 0 Å². The highest BCUT2D eigenvalue weighted by atomic mass is 35.5. The molecule has 1 aromatic carbocycles. The molecule has 1 aliphatic rings. The first-order valence-corrected chi connectivity index (χ1v) is 9.32. The van der Waals surface area contributed by atoms with Crippen LogP contribution in [-0.2, 0) is 4.74 Å². The van der Waals surface area contributed by atoms with Crippen LogP contribution in [0.3, 0.4) is 0 Å². The van der Waals surface area contributed by atoms with Crippen molar-refractivity contribution in [3.8, 4) is 11.4 Å². The SMILES string of the molecule is Cc1cc(Nc2cc(NC3CCOCC3)nc(-c3ccccc3Cl)n2)n[nH]1. The largest absolute Gasteiger partial charge is 0.381 e. The molecule has 0 amide bonds. The van der Waals surface area contributed by atoms with E-state index in [2.05, 4.69) is 30.8 Å². The van der Waals surface area contributed by atoms with E-state index in [1.807, 2.05) is 43.3 Å². The number of halogens is 1. The molecule has 0 atom stereocenters. The highest BCUT2D eigenvalue weighted by Gasteiger charge is 2.16. The van der Waals surface area contributed by atoms with Crippen LogP contribution in [-0.4, -0.2) is 39.4 Å². The van der Waals surface area contributed by atoms with E-state index < -0.39 is 0 Å². The summed E-state index contributed by atoms with van der Waals surface area (Å²) in [5.74, 6) is 2.67. The molecular weight excluding hydrogens is 364 g/mol. The fraction of sp³-hybridized carbons (Fsp3) is 0.316. The molecule has 2 aromatic heterocycles. The average Bonchev–Trinajstić information content (AvgIpc) is 3.07. The molecule has 3 aromatic rings. The fourth-order valence-electron chi connectivity index (χ4n) is 3.01. The molecule has 4 rings (SSSR count). The van der Waals surface area contributed by atoms with E-state index in [0.29, 0.717) is 28.5 Å². The fourth-order valence-corrected chi connectivity index (χ4v) is 3.23. The Kier molecular flexibility index (Phi) is 5.22. The Balaban J connectivity index is 1.67. The van der Waals surface area contributed by atoms with Crippen LogP contribution < -0.4 is 10.6 Å². The smallest absolute Gasteiger partial charge is 0.165 e. The summed E-state index contributed by atoms with van der Waals surface area (Å²) in [5.41, 5.74) is 1.76. The molecule has 0 unspecified atom stereocenters. The van der Waals surface area contributed by atoms with Gasteiger partial charge in [-0.05, 0) is 31.9 Å². The molecule has 1 aliphatic heterocycles. The van der Waals surface area contributed by atoms with Crippen molar-refractivity contribution in [1.29, 1.82) is 0 Å². The first-order chi connectivity index (χ1) is 13.2. The Hall–Kier alpha value is -2.64. The average molecular weight is 385 g/mol. The van der Waals surface area contributed by atoms with Crippen molar-refractivity contribution in [2.24, 2.45) is 0 Å². The van der Waals surface area contributed by atoms with Gasteiger partial charge in [-0.2, -0.15) is 5.10 Å². The third-order valence-electron chi connectivity index (χ3n) is 4.38. The zero-order valence-electron chi connectivity index (χ0n) is 15.0. The van der Waals surface area contributed by atoms with Crippen LogP contribution >= 0.6 is 11.6 Å². The van der Waals surface area contributed by atoms with E-state index in [4.69, 9.17) is 16.3 Å². The number of ether oxygens (including phenoxy) is 1. The maximum Gasteiger partial charge on any atom is 0.165 e. The Morgan fingerprint density at radius 3 is 2.59 bits per heavy atom. The number of hydrogen-bond donors (Lipinski definition) is 3. The van der Waals surface area contributed by atoms with Crippen LogP contribution in [0, 0.1) is 6.92 Å². The molecule has 0 aliphatic carbocycles. The van der Waals surface area contributed by atoms with Gasteiger partial charge in [0.05, 0.1) is 5.02 Å². The standard InChI is InChI=1S/C19H21ClN6O/c1-12-10-18(26-25-12)22-17-11-16(21-13-6-8-27-9-7-13)23-19(24-17)14-4-2-3-5-15(14)20/h2-5,10-11,13H,6-9H2,1H3,(H3,21,22,23,24,25,26). The van der Waals surface area contributed by atoms with Gasteiger partial charge >= 0.3 is 0 Å². The molecular formula is C19H21ClN6O. The van der Waals surface area contributed by atoms with Crippen LogP contribution in [0.1, 0.15) is 18.5 Å². The van der Waals surface area contributed by atoms with Gasteiger partial charge in [-0.25, -0.2) is 9.97 Å².